The van der Waals surface area contributed by atoms with E-state index in [0.29, 0.717) is 51.6 Å². The highest BCUT2D eigenvalue weighted by atomic mass is 16.5. The summed E-state index contributed by atoms with van der Waals surface area (Å²) in [6.07, 6.45) is 4.83. The molecule has 0 heterocycles. The fourth-order valence-corrected chi connectivity index (χ4v) is 5.50. The normalized spacial score (nSPS) is 31.6. The van der Waals surface area contributed by atoms with Gasteiger partial charge in [-0.25, -0.2) is 0 Å². The average Bonchev–Trinajstić information content (AvgIpc) is 2.84. The van der Waals surface area contributed by atoms with Crippen molar-refractivity contribution >= 4 is 29.8 Å². The molecular formula is C28H46O12. The molecule has 3 fully saturated rings. The molecule has 0 bridgehead atoms. The van der Waals surface area contributed by atoms with E-state index in [-0.39, 0.29) is 36.3 Å². The number of aliphatic carboxylic acids is 2. The number of aliphatic hydroxyl groups is 2. The molecule has 6 unspecified atom stereocenters. The molecule has 6 atom stereocenters. The van der Waals surface area contributed by atoms with Crippen LogP contribution in [-0.2, 0) is 38.2 Å². The van der Waals surface area contributed by atoms with Crippen LogP contribution in [0.1, 0.15) is 91.9 Å². The van der Waals surface area contributed by atoms with Gasteiger partial charge in [-0.1, -0.05) is 13.3 Å². The Morgan fingerprint density at radius 2 is 1.35 bits per heavy atom. The quantitative estimate of drug-likeness (QED) is 0.268. The van der Waals surface area contributed by atoms with Crippen LogP contribution in [0.15, 0.2) is 0 Å². The second-order valence-electron chi connectivity index (χ2n) is 10.7. The van der Waals surface area contributed by atoms with Gasteiger partial charge >= 0.3 is 29.8 Å². The molecule has 0 aromatic heterocycles. The van der Waals surface area contributed by atoms with Crippen LogP contribution in [0, 0.1) is 23.7 Å². The van der Waals surface area contributed by atoms with Gasteiger partial charge in [0.05, 0.1) is 36.6 Å². The number of esters is 3. The molecule has 0 amide bonds. The van der Waals surface area contributed by atoms with E-state index < -0.39 is 48.1 Å². The molecule has 3 aliphatic rings. The zero-order valence-electron chi connectivity index (χ0n) is 24.0. The summed E-state index contributed by atoms with van der Waals surface area (Å²) in [7, 11) is 0. The predicted molar refractivity (Wildman–Crippen MR) is 141 cm³/mol. The molecule has 12 nitrogen and oxygen atoms in total. The van der Waals surface area contributed by atoms with E-state index in [0.717, 1.165) is 12.8 Å². The molecule has 230 valence electrons. The smallest absolute Gasteiger partial charge is 0.311 e. The molecule has 0 radical (unpaired) electrons. The van der Waals surface area contributed by atoms with E-state index >= 15 is 0 Å². The minimum absolute atomic E-state index is 0.0206. The van der Waals surface area contributed by atoms with Gasteiger partial charge in [-0.2, -0.15) is 0 Å². The number of ether oxygens (including phenoxy) is 3. The third-order valence-electron chi connectivity index (χ3n) is 7.44. The van der Waals surface area contributed by atoms with Gasteiger partial charge in [-0.15, -0.1) is 0 Å². The van der Waals surface area contributed by atoms with E-state index in [1.807, 2.05) is 6.92 Å². The Balaban J connectivity index is 0.000000300. The van der Waals surface area contributed by atoms with Crippen LogP contribution >= 0.6 is 0 Å². The van der Waals surface area contributed by atoms with Gasteiger partial charge in [0.25, 0.3) is 0 Å². The van der Waals surface area contributed by atoms with Crippen LogP contribution in [0.4, 0.5) is 0 Å². The van der Waals surface area contributed by atoms with Crippen LogP contribution in [0.3, 0.4) is 0 Å². The molecular weight excluding hydrogens is 528 g/mol. The molecule has 0 aromatic rings. The van der Waals surface area contributed by atoms with Crippen molar-refractivity contribution in [2.75, 3.05) is 6.61 Å². The van der Waals surface area contributed by atoms with Crippen molar-refractivity contribution in [1.29, 1.82) is 0 Å². The summed E-state index contributed by atoms with van der Waals surface area (Å²) in [6, 6.07) is 0. The second kappa shape index (κ2) is 17.9. The number of carboxylic acids is 2. The van der Waals surface area contributed by atoms with E-state index in [1.54, 1.807) is 6.92 Å². The highest BCUT2D eigenvalue weighted by Gasteiger charge is 2.39. The summed E-state index contributed by atoms with van der Waals surface area (Å²) >= 11 is 0. The lowest BCUT2D eigenvalue weighted by atomic mass is 9.77. The summed E-state index contributed by atoms with van der Waals surface area (Å²) in [6.45, 7) is 6.62. The first-order chi connectivity index (χ1) is 18.8. The molecule has 3 rings (SSSR count). The van der Waals surface area contributed by atoms with Crippen LogP contribution < -0.4 is 0 Å². The SMILES string of the molecule is CC(=O)OC1CCC(C(=O)O)CC1.CC(=O)OC1CCCCC1C(=O)O.CCOC(=O)C1C(C)CC(O)CC1O. The first-order valence-corrected chi connectivity index (χ1v) is 14.1. The summed E-state index contributed by atoms with van der Waals surface area (Å²) in [5, 5.41) is 36.5. The first-order valence-electron chi connectivity index (χ1n) is 14.1. The summed E-state index contributed by atoms with van der Waals surface area (Å²) in [4.78, 5) is 54.0. The van der Waals surface area contributed by atoms with Crippen molar-refractivity contribution in [1.82, 2.24) is 0 Å². The number of aliphatic hydroxyl groups excluding tert-OH is 2. The maximum absolute atomic E-state index is 11.5. The largest absolute Gasteiger partial charge is 0.481 e. The number of carbonyl (C=O) groups excluding carboxylic acids is 3. The van der Waals surface area contributed by atoms with Gasteiger partial charge in [0.1, 0.15) is 12.2 Å². The first kappa shape index (κ1) is 35.3. The number of carbonyl (C=O) groups is 5. The fourth-order valence-electron chi connectivity index (χ4n) is 5.50. The van der Waals surface area contributed by atoms with Crippen LogP contribution in [0.25, 0.3) is 0 Å². The summed E-state index contributed by atoms with van der Waals surface area (Å²) in [5.74, 6) is -3.85. The van der Waals surface area contributed by atoms with Gasteiger partial charge in [0.2, 0.25) is 0 Å². The molecule has 0 spiro atoms. The van der Waals surface area contributed by atoms with Crippen molar-refractivity contribution in [3.8, 4) is 0 Å². The van der Waals surface area contributed by atoms with E-state index in [9.17, 15) is 34.2 Å². The number of carboxylic acid groups (broad SMARTS) is 2. The zero-order chi connectivity index (χ0) is 30.4. The van der Waals surface area contributed by atoms with Crippen LogP contribution in [-0.4, -0.2) is 81.3 Å². The highest BCUT2D eigenvalue weighted by molar-refractivity contribution is 5.74. The van der Waals surface area contributed by atoms with Crippen molar-refractivity contribution in [2.24, 2.45) is 23.7 Å². The number of rotatable bonds is 6. The lowest BCUT2D eigenvalue weighted by molar-refractivity contribution is -0.160. The third kappa shape index (κ3) is 12.6. The summed E-state index contributed by atoms with van der Waals surface area (Å²) in [5.41, 5.74) is 0. The lowest BCUT2D eigenvalue weighted by Crippen LogP contribution is -2.42. The fraction of sp³-hybridized carbons (Fsp3) is 0.821. The second-order valence-corrected chi connectivity index (χ2v) is 10.7. The maximum Gasteiger partial charge on any atom is 0.311 e. The van der Waals surface area contributed by atoms with E-state index in [1.165, 1.54) is 13.8 Å². The van der Waals surface area contributed by atoms with Gasteiger partial charge < -0.3 is 34.6 Å². The molecule has 4 N–H and O–H groups in total. The molecule has 3 aliphatic carbocycles. The molecule has 0 saturated heterocycles. The Morgan fingerprint density at radius 1 is 0.775 bits per heavy atom. The minimum Gasteiger partial charge on any atom is -0.481 e. The molecule has 0 aromatic carbocycles. The lowest BCUT2D eigenvalue weighted by Gasteiger charge is -2.34. The number of hydrogen-bond donors (Lipinski definition) is 4. The minimum atomic E-state index is -0.856. The maximum atomic E-state index is 11.5. The van der Waals surface area contributed by atoms with Crippen LogP contribution in [0.5, 0.6) is 0 Å². The van der Waals surface area contributed by atoms with Crippen molar-refractivity contribution in [2.45, 2.75) is 116 Å². The van der Waals surface area contributed by atoms with Gasteiger partial charge in [0, 0.05) is 20.3 Å². The van der Waals surface area contributed by atoms with Crippen molar-refractivity contribution in [3.63, 3.8) is 0 Å². The Morgan fingerprint density at radius 3 is 1.82 bits per heavy atom. The van der Waals surface area contributed by atoms with Gasteiger partial charge in [-0.05, 0) is 64.2 Å². The predicted octanol–water partition coefficient (Wildman–Crippen LogP) is 2.70. The number of hydrogen-bond acceptors (Lipinski definition) is 10. The topological polar surface area (TPSA) is 194 Å². The van der Waals surface area contributed by atoms with Crippen molar-refractivity contribution < 1.29 is 58.6 Å². The Bertz CT molecular complexity index is 823. The Labute approximate surface area is 235 Å². The third-order valence-corrected chi connectivity index (χ3v) is 7.44. The van der Waals surface area contributed by atoms with E-state index in [2.05, 4.69) is 0 Å². The Hall–Kier alpha value is -2.73. The molecule has 0 aliphatic heterocycles. The standard InChI is InChI=1S/C10H18O4.2C9H14O4/c1-3-14-10(13)9-6(2)4-7(11)5-8(9)12;1-6(10)13-8-4-2-7(3-5-8)9(11)12;1-6(10)13-8-5-3-2-4-7(8)9(11)12/h6-9,11-12H,3-5H2,1-2H3;2*7-8H,2-5H2,1H3,(H,11,12). The highest BCUT2D eigenvalue weighted by Crippen LogP contribution is 2.31. The summed E-state index contributed by atoms with van der Waals surface area (Å²) < 4.78 is 14.8. The van der Waals surface area contributed by atoms with Gasteiger partial charge in [-0.3, -0.25) is 24.0 Å². The molecule has 12 heteroatoms. The monoisotopic (exact) mass is 574 g/mol. The van der Waals surface area contributed by atoms with E-state index in [4.69, 9.17) is 24.4 Å². The zero-order valence-corrected chi connectivity index (χ0v) is 24.0. The molecule has 40 heavy (non-hydrogen) atoms. The average molecular weight is 575 g/mol. The molecule has 3 saturated carbocycles. The van der Waals surface area contributed by atoms with Gasteiger partial charge in [0.15, 0.2) is 0 Å². The Kier molecular flexibility index (Phi) is 15.8. The van der Waals surface area contributed by atoms with Crippen LogP contribution in [0.2, 0.25) is 0 Å². The van der Waals surface area contributed by atoms with Crippen molar-refractivity contribution in [3.05, 3.63) is 0 Å².